The van der Waals surface area contributed by atoms with Gasteiger partial charge >= 0.3 is 0 Å². The molecule has 1 atom stereocenters. The molecule has 0 radical (unpaired) electrons. The highest BCUT2D eigenvalue weighted by molar-refractivity contribution is 5.97. The van der Waals surface area contributed by atoms with Crippen LogP contribution in [0.1, 0.15) is 54.5 Å². The van der Waals surface area contributed by atoms with Gasteiger partial charge in [-0.15, -0.1) is 0 Å². The number of H-pyrrole nitrogens is 1. The lowest BCUT2D eigenvalue weighted by Gasteiger charge is -2.24. The molecule has 0 spiro atoms. The van der Waals surface area contributed by atoms with E-state index in [-0.39, 0.29) is 17.9 Å². The summed E-state index contributed by atoms with van der Waals surface area (Å²) in [5, 5.41) is 6.96. The number of hydrogen-bond donors (Lipinski definition) is 2. The van der Waals surface area contributed by atoms with E-state index in [1.165, 1.54) is 0 Å². The molecule has 0 bridgehead atoms. The van der Waals surface area contributed by atoms with Crippen LogP contribution < -0.4 is 5.73 Å². The average molecular weight is 286 g/mol. The Morgan fingerprint density at radius 3 is 2.38 bits per heavy atom. The number of nitrogens with two attached hydrogens (primary N) is 1. The van der Waals surface area contributed by atoms with Gasteiger partial charge in [-0.2, -0.15) is 5.10 Å². The Morgan fingerprint density at radius 2 is 1.86 bits per heavy atom. The summed E-state index contributed by atoms with van der Waals surface area (Å²) in [5.41, 5.74) is 8.66. The quantitative estimate of drug-likeness (QED) is 0.907. The van der Waals surface area contributed by atoms with E-state index in [0.29, 0.717) is 11.4 Å². The van der Waals surface area contributed by atoms with Crippen molar-refractivity contribution in [2.75, 3.05) is 12.8 Å². The van der Waals surface area contributed by atoms with E-state index < -0.39 is 0 Å². The van der Waals surface area contributed by atoms with Crippen molar-refractivity contribution in [1.82, 2.24) is 15.1 Å². The number of nitrogen functional groups attached to an aromatic ring is 1. The molecule has 2 rings (SSSR count). The SMILES string of the molecule is CC(C)c1[nH]nc(C(=O)N(C)C(C)c2ccccc2)c1N. The second-order valence-corrected chi connectivity index (χ2v) is 5.56. The Hall–Kier alpha value is -2.30. The molecule has 1 aromatic carbocycles. The molecule has 2 aromatic rings. The van der Waals surface area contributed by atoms with E-state index in [1.807, 2.05) is 51.1 Å². The van der Waals surface area contributed by atoms with Gasteiger partial charge in [0.25, 0.3) is 5.91 Å². The smallest absolute Gasteiger partial charge is 0.276 e. The Bertz CT molecular complexity index is 618. The number of hydrogen-bond acceptors (Lipinski definition) is 3. The lowest BCUT2D eigenvalue weighted by Crippen LogP contribution is -2.30. The maximum absolute atomic E-state index is 12.6. The van der Waals surface area contributed by atoms with Gasteiger partial charge in [0.2, 0.25) is 0 Å². The third-order valence-electron chi connectivity index (χ3n) is 3.80. The monoisotopic (exact) mass is 286 g/mol. The van der Waals surface area contributed by atoms with Crippen molar-refractivity contribution < 1.29 is 4.79 Å². The molecule has 0 aliphatic heterocycles. The molecule has 1 heterocycles. The molecule has 0 saturated carbocycles. The normalized spacial score (nSPS) is 12.4. The van der Waals surface area contributed by atoms with Crippen LogP contribution >= 0.6 is 0 Å². The van der Waals surface area contributed by atoms with Crippen molar-refractivity contribution in [2.45, 2.75) is 32.7 Å². The number of aromatic amines is 1. The maximum atomic E-state index is 12.6. The zero-order chi connectivity index (χ0) is 15.6. The highest BCUT2D eigenvalue weighted by atomic mass is 16.2. The van der Waals surface area contributed by atoms with Gasteiger partial charge in [0.05, 0.1) is 17.4 Å². The van der Waals surface area contributed by atoms with Crippen molar-refractivity contribution in [1.29, 1.82) is 0 Å². The fourth-order valence-electron chi connectivity index (χ4n) is 2.27. The van der Waals surface area contributed by atoms with Crippen molar-refractivity contribution in [2.24, 2.45) is 0 Å². The third-order valence-corrected chi connectivity index (χ3v) is 3.80. The number of benzene rings is 1. The van der Waals surface area contributed by atoms with Crippen LogP contribution in [-0.4, -0.2) is 28.1 Å². The molecule has 0 aliphatic carbocycles. The number of nitrogens with one attached hydrogen (secondary N) is 1. The number of aromatic nitrogens is 2. The number of carbonyl (C=O) groups excluding carboxylic acids is 1. The van der Waals surface area contributed by atoms with Gasteiger partial charge in [-0.3, -0.25) is 9.89 Å². The Kier molecular flexibility index (Phi) is 4.31. The lowest BCUT2D eigenvalue weighted by atomic mass is 10.1. The summed E-state index contributed by atoms with van der Waals surface area (Å²) in [6.07, 6.45) is 0. The first kappa shape index (κ1) is 15.1. The van der Waals surface area contributed by atoms with Crippen LogP contribution in [0.3, 0.4) is 0 Å². The van der Waals surface area contributed by atoms with E-state index in [1.54, 1.807) is 11.9 Å². The van der Waals surface area contributed by atoms with Gasteiger partial charge in [-0.25, -0.2) is 0 Å². The van der Waals surface area contributed by atoms with Crippen molar-refractivity contribution in [3.63, 3.8) is 0 Å². The third kappa shape index (κ3) is 2.91. The topological polar surface area (TPSA) is 75.0 Å². The van der Waals surface area contributed by atoms with Crippen LogP contribution in [0.15, 0.2) is 30.3 Å². The minimum absolute atomic E-state index is 0.0442. The summed E-state index contributed by atoms with van der Waals surface area (Å²) in [4.78, 5) is 14.2. The van der Waals surface area contributed by atoms with Crippen LogP contribution in [-0.2, 0) is 0 Å². The predicted molar refractivity (Wildman–Crippen MR) is 84.0 cm³/mol. The molecule has 1 amide bonds. The van der Waals surface area contributed by atoms with E-state index in [2.05, 4.69) is 10.2 Å². The Morgan fingerprint density at radius 1 is 1.24 bits per heavy atom. The van der Waals surface area contributed by atoms with Crippen LogP contribution in [0.25, 0.3) is 0 Å². The highest BCUT2D eigenvalue weighted by Gasteiger charge is 2.25. The number of anilines is 1. The Balaban J connectivity index is 2.24. The van der Waals surface area contributed by atoms with Gasteiger partial charge in [0.1, 0.15) is 0 Å². The second-order valence-electron chi connectivity index (χ2n) is 5.56. The van der Waals surface area contributed by atoms with Crippen molar-refractivity contribution in [3.05, 3.63) is 47.3 Å². The summed E-state index contributed by atoms with van der Waals surface area (Å²) in [7, 11) is 1.77. The van der Waals surface area contributed by atoms with Crippen LogP contribution in [0, 0.1) is 0 Å². The van der Waals surface area contributed by atoms with E-state index in [4.69, 9.17) is 5.73 Å². The van der Waals surface area contributed by atoms with Crippen molar-refractivity contribution >= 4 is 11.6 Å². The molecular formula is C16H22N4O. The standard InChI is InChI=1S/C16H22N4O/c1-10(2)14-13(17)15(19-18-14)16(21)20(4)11(3)12-8-6-5-7-9-12/h5-11H,17H2,1-4H3,(H,18,19). The fraction of sp³-hybridized carbons (Fsp3) is 0.375. The molecule has 0 aliphatic rings. The van der Waals surface area contributed by atoms with Gasteiger partial charge in [-0.1, -0.05) is 44.2 Å². The maximum Gasteiger partial charge on any atom is 0.276 e. The zero-order valence-electron chi connectivity index (χ0n) is 12.9. The zero-order valence-corrected chi connectivity index (χ0v) is 12.9. The molecule has 1 unspecified atom stereocenters. The summed E-state index contributed by atoms with van der Waals surface area (Å²) >= 11 is 0. The van der Waals surface area contributed by atoms with E-state index in [9.17, 15) is 4.79 Å². The minimum Gasteiger partial charge on any atom is -0.395 e. The molecule has 3 N–H and O–H groups in total. The van der Waals surface area contributed by atoms with E-state index in [0.717, 1.165) is 11.3 Å². The molecular weight excluding hydrogens is 264 g/mol. The molecule has 5 nitrogen and oxygen atoms in total. The van der Waals surface area contributed by atoms with Gasteiger partial charge in [0.15, 0.2) is 5.69 Å². The first-order valence-corrected chi connectivity index (χ1v) is 7.09. The molecule has 21 heavy (non-hydrogen) atoms. The molecule has 1 aromatic heterocycles. The van der Waals surface area contributed by atoms with Crippen LogP contribution in [0.4, 0.5) is 5.69 Å². The van der Waals surface area contributed by atoms with Gasteiger partial charge < -0.3 is 10.6 Å². The first-order valence-electron chi connectivity index (χ1n) is 7.09. The minimum atomic E-state index is -0.174. The number of carbonyl (C=O) groups is 1. The molecule has 0 fully saturated rings. The van der Waals surface area contributed by atoms with Crippen LogP contribution in [0.5, 0.6) is 0 Å². The Labute approximate surface area is 125 Å². The largest absolute Gasteiger partial charge is 0.395 e. The molecule has 0 saturated heterocycles. The summed E-state index contributed by atoms with van der Waals surface area (Å²) in [5.74, 6) is 0.0305. The van der Waals surface area contributed by atoms with Crippen molar-refractivity contribution in [3.8, 4) is 0 Å². The number of rotatable bonds is 4. The fourth-order valence-corrected chi connectivity index (χ4v) is 2.27. The number of amides is 1. The summed E-state index contributed by atoms with van der Waals surface area (Å²) < 4.78 is 0. The highest BCUT2D eigenvalue weighted by Crippen LogP contribution is 2.25. The number of nitrogens with zero attached hydrogens (tertiary/aromatic N) is 2. The van der Waals surface area contributed by atoms with Gasteiger partial charge in [-0.05, 0) is 18.4 Å². The second kappa shape index (κ2) is 5.99. The van der Waals surface area contributed by atoms with Gasteiger partial charge in [0, 0.05) is 7.05 Å². The molecule has 112 valence electrons. The van der Waals surface area contributed by atoms with E-state index >= 15 is 0 Å². The predicted octanol–water partition coefficient (Wildman–Crippen LogP) is 2.95. The molecule has 5 heteroatoms. The summed E-state index contributed by atoms with van der Waals surface area (Å²) in [6, 6.07) is 9.84. The first-order chi connectivity index (χ1) is 9.93. The van der Waals surface area contributed by atoms with Crippen LogP contribution in [0.2, 0.25) is 0 Å². The lowest BCUT2D eigenvalue weighted by molar-refractivity contribution is 0.0737. The average Bonchev–Trinajstić information content (AvgIpc) is 2.87. The summed E-state index contributed by atoms with van der Waals surface area (Å²) in [6.45, 7) is 6.00.